The van der Waals surface area contributed by atoms with E-state index in [1.165, 1.54) is 13.0 Å². The van der Waals surface area contributed by atoms with Gasteiger partial charge in [0.2, 0.25) is 11.8 Å². The summed E-state index contributed by atoms with van der Waals surface area (Å²) in [5.74, 6) is -0.996. The van der Waals surface area contributed by atoms with E-state index in [0.29, 0.717) is 22.5 Å². The van der Waals surface area contributed by atoms with Crippen molar-refractivity contribution in [1.82, 2.24) is 4.98 Å². The molecule has 34 heavy (non-hydrogen) atoms. The number of carbonyl (C=O) groups excluding carboxylic acids is 3. The van der Waals surface area contributed by atoms with Crippen LogP contribution in [0.5, 0.6) is 0 Å². The van der Waals surface area contributed by atoms with Gasteiger partial charge in [0.15, 0.2) is 0 Å². The van der Waals surface area contributed by atoms with Crippen LogP contribution in [0, 0.1) is 6.92 Å². The predicted molar refractivity (Wildman–Crippen MR) is 136 cm³/mol. The Morgan fingerprint density at radius 3 is 2.44 bits per heavy atom. The van der Waals surface area contributed by atoms with Crippen LogP contribution in [-0.4, -0.2) is 22.7 Å². The van der Waals surface area contributed by atoms with Gasteiger partial charge in [0.25, 0.3) is 5.91 Å². The molecule has 0 atom stereocenters. The van der Waals surface area contributed by atoms with Crippen LogP contribution < -0.4 is 16.4 Å². The number of fused-ring (bicyclic) bond motifs is 1. The maximum Gasteiger partial charge on any atom is 0.250 e. The predicted octanol–water partition coefficient (Wildman–Crippen LogP) is 4.99. The molecule has 5 N–H and O–H groups in total. The maximum absolute atomic E-state index is 12.2. The summed E-state index contributed by atoms with van der Waals surface area (Å²) in [4.78, 5) is 38.8. The van der Waals surface area contributed by atoms with Crippen LogP contribution in [0.4, 0.5) is 11.4 Å². The number of aromatic amines is 1. The quantitative estimate of drug-likeness (QED) is 0.309. The molecule has 0 radical (unpaired) electrons. The van der Waals surface area contributed by atoms with Crippen molar-refractivity contribution in [1.29, 1.82) is 0 Å². The van der Waals surface area contributed by atoms with Crippen LogP contribution in [-0.2, 0) is 9.59 Å². The topological polar surface area (TPSA) is 117 Å². The highest BCUT2D eigenvalue weighted by Gasteiger charge is 2.17. The molecule has 0 saturated carbocycles. The average molecular weight is 453 g/mol. The fraction of sp³-hybridized carbons (Fsp3) is 0.0741. The second-order valence-corrected chi connectivity index (χ2v) is 7.93. The van der Waals surface area contributed by atoms with E-state index >= 15 is 0 Å². The molecule has 0 aliphatic rings. The largest absolute Gasteiger partial charge is 0.366 e. The Hall–Kier alpha value is -4.65. The van der Waals surface area contributed by atoms with Gasteiger partial charge in [-0.3, -0.25) is 14.4 Å². The monoisotopic (exact) mass is 452 g/mol. The molecule has 7 heteroatoms. The molecule has 0 unspecified atom stereocenters. The highest BCUT2D eigenvalue weighted by molar-refractivity contribution is 6.11. The van der Waals surface area contributed by atoms with Gasteiger partial charge < -0.3 is 21.4 Å². The van der Waals surface area contributed by atoms with E-state index in [1.807, 2.05) is 55.5 Å². The number of benzene rings is 3. The van der Waals surface area contributed by atoms with E-state index in [9.17, 15) is 14.4 Å². The minimum atomic E-state index is -0.541. The summed E-state index contributed by atoms with van der Waals surface area (Å²) in [5.41, 5.74) is 12.3. The molecule has 4 aromatic rings. The van der Waals surface area contributed by atoms with E-state index in [0.717, 1.165) is 33.3 Å². The number of carbonyl (C=O) groups is 3. The molecule has 7 nitrogen and oxygen atoms in total. The molecule has 0 aliphatic carbocycles. The van der Waals surface area contributed by atoms with Crippen LogP contribution >= 0.6 is 0 Å². The molecule has 0 fully saturated rings. The Labute approximate surface area is 196 Å². The third-order valence-electron chi connectivity index (χ3n) is 5.62. The number of rotatable bonds is 6. The lowest BCUT2D eigenvalue weighted by Gasteiger charge is -2.13. The normalized spacial score (nSPS) is 10.6. The van der Waals surface area contributed by atoms with E-state index in [-0.39, 0.29) is 11.8 Å². The average Bonchev–Trinajstić information content (AvgIpc) is 3.25. The number of amides is 3. The highest BCUT2D eigenvalue weighted by Crippen LogP contribution is 2.37. The standard InChI is InChI=1S/C27H24N4O3/c1-4-25(33)30-23-10-6-9-19(15(23)2)20-11-12-21(27(28)34)26-22(20)14-24(31-26)17-7-5-8-18(13-17)29-16(3)32/h4-14,31H,1H2,2-3H3,(H2,28,34)(H,29,32)(H,30,33). The molecule has 0 aliphatic heterocycles. The minimum absolute atomic E-state index is 0.161. The number of nitrogens with two attached hydrogens (primary N) is 1. The molecule has 0 bridgehead atoms. The van der Waals surface area contributed by atoms with Crippen molar-refractivity contribution in [2.45, 2.75) is 13.8 Å². The van der Waals surface area contributed by atoms with Gasteiger partial charge in [0.05, 0.1) is 11.1 Å². The second kappa shape index (κ2) is 9.07. The summed E-state index contributed by atoms with van der Waals surface area (Å²) in [6.45, 7) is 6.88. The molecule has 3 amide bonds. The van der Waals surface area contributed by atoms with E-state index in [1.54, 1.807) is 12.1 Å². The zero-order chi connectivity index (χ0) is 24.4. The highest BCUT2D eigenvalue weighted by atomic mass is 16.2. The van der Waals surface area contributed by atoms with E-state index < -0.39 is 5.91 Å². The van der Waals surface area contributed by atoms with Crippen LogP contribution in [0.15, 0.2) is 73.3 Å². The van der Waals surface area contributed by atoms with Gasteiger partial charge in [0, 0.05) is 34.9 Å². The van der Waals surface area contributed by atoms with Gasteiger partial charge in [-0.1, -0.05) is 36.9 Å². The van der Waals surface area contributed by atoms with Crippen LogP contribution in [0.1, 0.15) is 22.8 Å². The first-order chi connectivity index (χ1) is 16.3. The van der Waals surface area contributed by atoms with E-state index in [4.69, 9.17) is 5.73 Å². The Morgan fingerprint density at radius 1 is 0.971 bits per heavy atom. The second-order valence-electron chi connectivity index (χ2n) is 7.93. The smallest absolute Gasteiger partial charge is 0.250 e. The number of hydrogen-bond donors (Lipinski definition) is 4. The number of aromatic nitrogens is 1. The Bertz CT molecular complexity index is 1470. The molecular formula is C27H24N4O3. The Kier molecular flexibility index (Phi) is 6.01. The lowest BCUT2D eigenvalue weighted by molar-refractivity contribution is -0.114. The lowest BCUT2D eigenvalue weighted by Crippen LogP contribution is -2.11. The van der Waals surface area contributed by atoms with Crippen molar-refractivity contribution in [3.05, 3.63) is 84.4 Å². The van der Waals surface area contributed by atoms with Gasteiger partial charge >= 0.3 is 0 Å². The Morgan fingerprint density at radius 2 is 1.74 bits per heavy atom. The van der Waals surface area contributed by atoms with Crippen LogP contribution in [0.3, 0.4) is 0 Å². The summed E-state index contributed by atoms with van der Waals surface area (Å²) in [5, 5.41) is 6.42. The lowest BCUT2D eigenvalue weighted by atomic mass is 9.94. The van der Waals surface area contributed by atoms with Gasteiger partial charge in [-0.15, -0.1) is 0 Å². The van der Waals surface area contributed by atoms with Gasteiger partial charge in [-0.25, -0.2) is 0 Å². The van der Waals surface area contributed by atoms with E-state index in [2.05, 4.69) is 22.2 Å². The molecule has 1 aromatic heterocycles. The van der Waals surface area contributed by atoms with Crippen molar-refractivity contribution in [3.63, 3.8) is 0 Å². The van der Waals surface area contributed by atoms with Crippen LogP contribution in [0.2, 0.25) is 0 Å². The fourth-order valence-corrected chi connectivity index (χ4v) is 4.03. The van der Waals surface area contributed by atoms with Crippen molar-refractivity contribution < 1.29 is 14.4 Å². The number of primary amides is 1. The van der Waals surface area contributed by atoms with Gasteiger partial charge in [-0.2, -0.15) is 0 Å². The van der Waals surface area contributed by atoms with Crippen molar-refractivity contribution in [2.75, 3.05) is 10.6 Å². The molecule has 1 heterocycles. The number of anilines is 2. The summed E-state index contributed by atoms with van der Waals surface area (Å²) >= 11 is 0. The minimum Gasteiger partial charge on any atom is -0.366 e. The molecular weight excluding hydrogens is 428 g/mol. The third kappa shape index (κ3) is 4.31. The molecule has 0 saturated heterocycles. The number of nitrogens with one attached hydrogen (secondary N) is 3. The SMILES string of the molecule is C=CC(=O)Nc1cccc(-c2ccc(C(N)=O)c3[nH]c(-c4cccc(NC(C)=O)c4)cc23)c1C. The summed E-state index contributed by atoms with van der Waals surface area (Å²) in [7, 11) is 0. The molecule has 4 rings (SSSR count). The fourth-order valence-electron chi connectivity index (χ4n) is 4.03. The van der Waals surface area contributed by atoms with Gasteiger partial charge in [-0.05, 0) is 60.0 Å². The first-order valence-electron chi connectivity index (χ1n) is 10.7. The molecule has 0 spiro atoms. The van der Waals surface area contributed by atoms with Crippen molar-refractivity contribution in [2.24, 2.45) is 5.73 Å². The zero-order valence-corrected chi connectivity index (χ0v) is 18.9. The third-order valence-corrected chi connectivity index (χ3v) is 5.62. The van der Waals surface area contributed by atoms with Crippen molar-refractivity contribution in [3.8, 4) is 22.4 Å². The first-order valence-corrected chi connectivity index (χ1v) is 10.7. The molecule has 3 aromatic carbocycles. The first kappa shape index (κ1) is 22.5. The zero-order valence-electron chi connectivity index (χ0n) is 18.9. The molecule has 170 valence electrons. The van der Waals surface area contributed by atoms with Gasteiger partial charge in [0.1, 0.15) is 0 Å². The van der Waals surface area contributed by atoms with Crippen molar-refractivity contribution >= 4 is 40.0 Å². The number of H-pyrrole nitrogens is 1. The maximum atomic E-state index is 12.2. The summed E-state index contributed by atoms with van der Waals surface area (Å²) in [6.07, 6.45) is 1.22. The Balaban J connectivity index is 1.90. The number of hydrogen-bond acceptors (Lipinski definition) is 3. The summed E-state index contributed by atoms with van der Waals surface area (Å²) < 4.78 is 0. The summed E-state index contributed by atoms with van der Waals surface area (Å²) in [6, 6.07) is 18.6. The van der Waals surface area contributed by atoms with Crippen LogP contribution in [0.25, 0.3) is 33.3 Å².